The number of hydrogen-bond acceptors (Lipinski definition) is 5. The maximum Gasteiger partial charge on any atom is 0.306 e. The molecule has 1 N–H and O–H groups in total. The largest absolute Gasteiger partial charge is 0.481 e. The molecule has 3 rings (SSSR count). The summed E-state index contributed by atoms with van der Waals surface area (Å²) in [6.07, 6.45) is 3.98. The van der Waals surface area contributed by atoms with Crippen LogP contribution < -0.4 is 0 Å². The third-order valence-corrected chi connectivity index (χ3v) is 4.26. The molecule has 2 aliphatic rings. The number of nitrogens with zero attached hydrogens (tertiary/aromatic N) is 2. The fraction of sp³-hybridized carbons (Fsp3) is 0.769. The van der Waals surface area contributed by atoms with Gasteiger partial charge in [0.25, 0.3) is 0 Å². The molecule has 1 saturated heterocycles. The molecular weight excluding hydrogens is 248 g/mol. The molecule has 0 aromatic carbocycles. The van der Waals surface area contributed by atoms with Gasteiger partial charge in [0, 0.05) is 12.5 Å². The summed E-state index contributed by atoms with van der Waals surface area (Å²) in [5.74, 6) is 0.230. The third kappa shape index (κ3) is 2.25. The summed E-state index contributed by atoms with van der Waals surface area (Å²) in [6, 6.07) is 0. The third-order valence-electron chi connectivity index (χ3n) is 4.26. The second kappa shape index (κ2) is 4.59. The van der Waals surface area contributed by atoms with Gasteiger partial charge in [0.2, 0.25) is 11.7 Å². The molecule has 6 heteroatoms. The Morgan fingerprint density at radius 3 is 2.95 bits per heavy atom. The minimum absolute atomic E-state index is 0.0763. The van der Waals surface area contributed by atoms with Crippen LogP contribution in [0, 0.1) is 5.92 Å². The topological polar surface area (TPSA) is 85.5 Å². The maximum atomic E-state index is 11.0. The van der Waals surface area contributed by atoms with E-state index in [9.17, 15) is 4.79 Å². The molecule has 6 nitrogen and oxygen atoms in total. The Morgan fingerprint density at radius 1 is 1.47 bits per heavy atom. The van der Waals surface area contributed by atoms with Gasteiger partial charge >= 0.3 is 5.97 Å². The van der Waals surface area contributed by atoms with E-state index < -0.39 is 11.6 Å². The normalized spacial score (nSPS) is 34.8. The second-order valence-electron chi connectivity index (χ2n) is 5.68. The van der Waals surface area contributed by atoms with Gasteiger partial charge in [-0.1, -0.05) is 5.16 Å². The molecule has 0 spiro atoms. The lowest BCUT2D eigenvalue weighted by molar-refractivity contribution is -0.141. The fourth-order valence-corrected chi connectivity index (χ4v) is 3.00. The van der Waals surface area contributed by atoms with E-state index in [-0.39, 0.29) is 11.8 Å². The predicted molar refractivity (Wildman–Crippen MR) is 64.6 cm³/mol. The van der Waals surface area contributed by atoms with Crippen LogP contribution >= 0.6 is 0 Å². The van der Waals surface area contributed by atoms with Crippen LogP contribution in [0.4, 0.5) is 0 Å². The van der Waals surface area contributed by atoms with E-state index in [1.165, 1.54) is 0 Å². The van der Waals surface area contributed by atoms with Gasteiger partial charge in [-0.15, -0.1) is 0 Å². The van der Waals surface area contributed by atoms with Crippen LogP contribution in [0.15, 0.2) is 4.52 Å². The molecule has 3 atom stereocenters. The van der Waals surface area contributed by atoms with Crippen LogP contribution in [0.25, 0.3) is 0 Å². The monoisotopic (exact) mass is 266 g/mol. The molecule has 1 aliphatic carbocycles. The van der Waals surface area contributed by atoms with Crippen molar-refractivity contribution in [2.75, 3.05) is 6.61 Å². The van der Waals surface area contributed by atoms with Crippen molar-refractivity contribution in [3.8, 4) is 0 Å². The minimum Gasteiger partial charge on any atom is -0.481 e. The van der Waals surface area contributed by atoms with Crippen molar-refractivity contribution in [2.24, 2.45) is 5.92 Å². The van der Waals surface area contributed by atoms with E-state index >= 15 is 0 Å². The number of ether oxygens (including phenoxy) is 1. The fourth-order valence-electron chi connectivity index (χ4n) is 3.00. The molecule has 19 heavy (non-hydrogen) atoms. The number of rotatable bonds is 3. The minimum atomic E-state index is -0.728. The molecular formula is C13H18N2O4. The van der Waals surface area contributed by atoms with Crippen molar-refractivity contribution in [1.82, 2.24) is 10.1 Å². The van der Waals surface area contributed by atoms with E-state index in [1.54, 1.807) is 0 Å². The zero-order chi connectivity index (χ0) is 13.5. The van der Waals surface area contributed by atoms with E-state index in [1.807, 2.05) is 6.92 Å². The van der Waals surface area contributed by atoms with E-state index in [0.29, 0.717) is 24.6 Å². The molecule has 0 bridgehead atoms. The summed E-state index contributed by atoms with van der Waals surface area (Å²) in [5.41, 5.74) is -0.438. The Hall–Kier alpha value is -1.43. The van der Waals surface area contributed by atoms with Crippen LogP contribution in [0.3, 0.4) is 0 Å². The molecule has 2 fully saturated rings. The van der Waals surface area contributed by atoms with Gasteiger partial charge < -0.3 is 14.4 Å². The lowest BCUT2D eigenvalue weighted by Gasteiger charge is -2.17. The zero-order valence-corrected chi connectivity index (χ0v) is 11.0. The van der Waals surface area contributed by atoms with Gasteiger partial charge in [-0.3, -0.25) is 4.79 Å². The Bertz CT molecular complexity index is 479. The van der Waals surface area contributed by atoms with Gasteiger partial charge in [-0.05, 0) is 39.0 Å². The molecule has 2 heterocycles. The van der Waals surface area contributed by atoms with E-state index in [0.717, 1.165) is 25.9 Å². The lowest BCUT2D eigenvalue weighted by Crippen LogP contribution is -2.21. The zero-order valence-electron chi connectivity index (χ0n) is 11.0. The summed E-state index contributed by atoms with van der Waals surface area (Å²) in [4.78, 5) is 15.4. The first-order valence-electron chi connectivity index (χ1n) is 6.79. The van der Waals surface area contributed by atoms with Crippen LogP contribution in [0.1, 0.15) is 56.7 Å². The second-order valence-corrected chi connectivity index (χ2v) is 5.68. The highest BCUT2D eigenvalue weighted by molar-refractivity contribution is 5.70. The van der Waals surface area contributed by atoms with Crippen molar-refractivity contribution in [2.45, 2.75) is 50.5 Å². The Labute approximate surface area is 111 Å². The molecule has 3 unspecified atom stereocenters. The van der Waals surface area contributed by atoms with E-state index in [4.69, 9.17) is 14.4 Å². The van der Waals surface area contributed by atoms with Crippen molar-refractivity contribution in [3.63, 3.8) is 0 Å². The summed E-state index contributed by atoms with van der Waals surface area (Å²) < 4.78 is 11.0. The summed E-state index contributed by atoms with van der Waals surface area (Å²) in [5, 5.41) is 13.0. The van der Waals surface area contributed by atoms with Crippen molar-refractivity contribution < 1.29 is 19.2 Å². The van der Waals surface area contributed by atoms with Crippen molar-refractivity contribution in [3.05, 3.63) is 11.7 Å². The molecule has 0 radical (unpaired) electrons. The molecule has 0 amide bonds. The molecule has 1 saturated carbocycles. The first-order chi connectivity index (χ1) is 9.08. The Balaban J connectivity index is 1.73. The van der Waals surface area contributed by atoms with E-state index in [2.05, 4.69) is 10.1 Å². The van der Waals surface area contributed by atoms with Crippen molar-refractivity contribution in [1.29, 1.82) is 0 Å². The lowest BCUT2D eigenvalue weighted by atomic mass is 10.0. The number of carboxylic acid groups (broad SMARTS) is 1. The standard InChI is InChI=1S/C13H18N2O4/c1-13(5-2-6-18-13)12-14-10(19-15-12)8-3-4-9(7-8)11(16)17/h8-9H,2-7H2,1H3,(H,16,17). The van der Waals surface area contributed by atoms with Crippen LogP contribution in [0.5, 0.6) is 0 Å². The van der Waals surface area contributed by atoms with Gasteiger partial charge in [0.15, 0.2) is 0 Å². The summed E-state index contributed by atoms with van der Waals surface area (Å²) in [7, 11) is 0. The first kappa shape index (κ1) is 12.6. The Morgan fingerprint density at radius 2 is 2.32 bits per heavy atom. The highest BCUT2D eigenvalue weighted by atomic mass is 16.5. The highest BCUT2D eigenvalue weighted by Gasteiger charge is 2.39. The SMILES string of the molecule is CC1(c2noc(C3CCC(C(=O)O)C3)n2)CCCO1. The van der Waals surface area contributed by atoms with Gasteiger partial charge in [-0.25, -0.2) is 0 Å². The van der Waals surface area contributed by atoms with Crippen LogP contribution in [-0.4, -0.2) is 27.8 Å². The molecule has 1 aromatic heterocycles. The van der Waals surface area contributed by atoms with Crippen LogP contribution in [-0.2, 0) is 15.1 Å². The first-order valence-corrected chi connectivity index (χ1v) is 6.79. The number of hydrogen-bond donors (Lipinski definition) is 1. The molecule has 1 aromatic rings. The predicted octanol–water partition coefficient (Wildman–Crippen LogP) is 2.06. The molecule has 1 aliphatic heterocycles. The smallest absolute Gasteiger partial charge is 0.306 e. The summed E-state index contributed by atoms with van der Waals surface area (Å²) in [6.45, 7) is 2.70. The number of aliphatic carboxylic acids is 1. The van der Waals surface area contributed by atoms with Crippen molar-refractivity contribution >= 4 is 5.97 Å². The maximum absolute atomic E-state index is 11.0. The molecule has 104 valence electrons. The number of carboxylic acids is 1. The average Bonchev–Trinajstić information content (AvgIpc) is 3.08. The highest BCUT2D eigenvalue weighted by Crippen LogP contribution is 2.39. The van der Waals surface area contributed by atoms with Gasteiger partial charge in [0.05, 0.1) is 5.92 Å². The average molecular weight is 266 g/mol. The summed E-state index contributed by atoms with van der Waals surface area (Å²) >= 11 is 0. The van der Waals surface area contributed by atoms with Gasteiger partial charge in [-0.2, -0.15) is 4.98 Å². The number of carbonyl (C=O) groups is 1. The van der Waals surface area contributed by atoms with Gasteiger partial charge in [0.1, 0.15) is 5.60 Å². The number of aromatic nitrogens is 2. The Kier molecular flexibility index (Phi) is 3.05. The van der Waals surface area contributed by atoms with Crippen LogP contribution in [0.2, 0.25) is 0 Å². The quantitative estimate of drug-likeness (QED) is 0.901.